The Morgan fingerprint density at radius 3 is 2.71 bits per heavy atom. The summed E-state index contributed by atoms with van der Waals surface area (Å²) in [7, 11) is 4.05. The van der Waals surface area contributed by atoms with Crippen LogP contribution in [0, 0.1) is 0 Å². The van der Waals surface area contributed by atoms with Crippen molar-refractivity contribution < 1.29 is 4.79 Å². The molecule has 0 saturated carbocycles. The van der Waals surface area contributed by atoms with E-state index in [9.17, 15) is 4.79 Å². The molecular weight excluding hydrogens is 232 g/mol. The van der Waals surface area contributed by atoms with Gasteiger partial charge in [-0.3, -0.25) is 4.79 Å². The molecule has 3 nitrogen and oxygen atoms in total. The highest BCUT2D eigenvalue weighted by atomic mass is 32.1. The molecule has 0 bridgehead atoms. The van der Waals surface area contributed by atoms with Gasteiger partial charge in [0, 0.05) is 11.2 Å². The summed E-state index contributed by atoms with van der Waals surface area (Å²) in [6.07, 6.45) is 0.856. The number of primary amides is 1. The molecule has 0 spiro atoms. The Labute approximate surface area is 105 Å². The molecule has 0 aliphatic carbocycles. The van der Waals surface area contributed by atoms with Gasteiger partial charge in [-0.1, -0.05) is 18.2 Å². The lowest BCUT2D eigenvalue weighted by Gasteiger charge is -2.09. The quantitative estimate of drug-likeness (QED) is 0.900. The van der Waals surface area contributed by atoms with Gasteiger partial charge in [0.15, 0.2) is 0 Å². The van der Waals surface area contributed by atoms with Gasteiger partial charge in [0.1, 0.15) is 0 Å². The van der Waals surface area contributed by atoms with Crippen molar-refractivity contribution in [2.75, 3.05) is 20.6 Å². The molecule has 4 heteroatoms. The Morgan fingerprint density at radius 2 is 2.06 bits per heavy atom. The molecule has 1 amide bonds. The third-order valence-electron chi connectivity index (χ3n) is 2.73. The van der Waals surface area contributed by atoms with Crippen LogP contribution >= 0.6 is 11.3 Å². The van der Waals surface area contributed by atoms with Gasteiger partial charge in [-0.05, 0) is 37.5 Å². The zero-order valence-corrected chi connectivity index (χ0v) is 10.9. The minimum absolute atomic E-state index is 0.319. The van der Waals surface area contributed by atoms with Crippen LogP contribution in [0.4, 0.5) is 0 Å². The van der Waals surface area contributed by atoms with Crippen molar-refractivity contribution in [3.63, 3.8) is 0 Å². The fourth-order valence-electron chi connectivity index (χ4n) is 1.88. The van der Waals surface area contributed by atoms with E-state index in [1.807, 2.05) is 32.3 Å². The van der Waals surface area contributed by atoms with Crippen LogP contribution in [0.2, 0.25) is 0 Å². The molecule has 0 aliphatic rings. The molecule has 1 aromatic heterocycles. The van der Waals surface area contributed by atoms with Gasteiger partial charge in [0.05, 0.1) is 4.88 Å². The molecule has 0 saturated heterocycles. The standard InChI is InChI=1S/C13H16N2OS/c1-15(2)8-7-10-9-5-3-4-6-11(9)17-12(10)13(14)16/h3-6H,7-8H2,1-2H3,(H2,14,16). The summed E-state index contributed by atoms with van der Waals surface area (Å²) in [5.74, 6) is -0.319. The fraction of sp³-hybridized carbons (Fsp3) is 0.308. The number of thiophene rings is 1. The number of likely N-dealkylation sites (N-methyl/N-ethyl adjacent to an activating group) is 1. The lowest BCUT2D eigenvalue weighted by Crippen LogP contribution is -2.17. The van der Waals surface area contributed by atoms with Gasteiger partial charge in [0.2, 0.25) is 0 Å². The number of hydrogen-bond donors (Lipinski definition) is 1. The van der Waals surface area contributed by atoms with E-state index < -0.39 is 0 Å². The van der Waals surface area contributed by atoms with Crippen molar-refractivity contribution in [3.8, 4) is 0 Å². The van der Waals surface area contributed by atoms with Crippen LogP contribution in [-0.4, -0.2) is 31.4 Å². The fourth-order valence-corrected chi connectivity index (χ4v) is 2.98. The van der Waals surface area contributed by atoms with E-state index in [1.54, 1.807) is 0 Å². The first kappa shape index (κ1) is 12.1. The van der Waals surface area contributed by atoms with E-state index in [4.69, 9.17) is 5.73 Å². The number of carbonyl (C=O) groups is 1. The van der Waals surface area contributed by atoms with Gasteiger partial charge in [0.25, 0.3) is 5.91 Å². The first-order valence-electron chi connectivity index (χ1n) is 5.54. The van der Waals surface area contributed by atoms with Crippen LogP contribution in [-0.2, 0) is 6.42 Å². The summed E-state index contributed by atoms with van der Waals surface area (Å²) in [5, 5.41) is 1.16. The average Bonchev–Trinajstić information content (AvgIpc) is 2.65. The molecule has 0 fully saturated rings. The second-order valence-electron chi connectivity index (χ2n) is 4.32. The minimum atomic E-state index is -0.319. The maximum atomic E-state index is 11.5. The van der Waals surface area contributed by atoms with Crippen molar-refractivity contribution in [1.29, 1.82) is 0 Å². The maximum Gasteiger partial charge on any atom is 0.259 e. The molecule has 0 unspecified atom stereocenters. The van der Waals surface area contributed by atoms with Crippen molar-refractivity contribution >= 4 is 27.3 Å². The molecule has 2 aromatic rings. The van der Waals surface area contributed by atoms with E-state index in [-0.39, 0.29) is 5.91 Å². The first-order valence-corrected chi connectivity index (χ1v) is 6.36. The molecule has 90 valence electrons. The predicted molar refractivity (Wildman–Crippen MR) is 72.6 cm³/mol. The number of nitrogens with two attached hydrogens (primary N) is 1. The second-order valence-corrected chi connectivity index (χ2v) is 5.38. The number of amides is 1. The number of fused-ring (bicyclic) bond motifs is 1. The molecule has 2 N–H and O–H groups in total. The summed E-state index contributed by atoms with van der Waals surface area (Å²) in [6, 6.07) is 8.08. The van der Waals surface area contributed by atoms with E-state index in [2.05, 4.69) is 11.0 Å². The summed E-state index contributed by atoms with van der Waals surface area (Å²) in [4.78, 5) is 14.3. The highest BCUT2D eigenvalue weighted by molar-refractivity contribution is 7.21. The summed E-state index contributed by atoms with van der Waals surface area (Å²) in [5.41, 5.74) is 6.53. The normalized spacial score (nSPS) is 11.2. The number of benzene rings is 1. The van der Waals surface area contributed by atoms with Crippen molar-refractivity contribution in [2.45, 2.75) is 6.42 Å². The van der Waals surface area contributed by atoms with E-state index in [1.165, 1.54) is 11.3 Å². The smallest absolute Gasteiger partial charge is 0.259 e. The Hall–Kier alpha value is -1.39. The summed E-state index contributed by atoms with van der Waals surface area (Å²) < 4.78 is 1.13. The van der Waals surface area contributed by atoms with Crippen LogP contribution in [0.1, 0.15) is 15.2 Å². The Morgan fingerprint density at radius 1 is 1.35 bits per heavy atom. The monoisotopic (exact) mass is 248 g/mol. The van der Waals surface area contributed by atoms with Crippen LogP contribution in [0.25, 0.3) is 10.1 Å². The van der Waals surface area contributed by atoms with Crippen LogP contribution < -0.4 is 5.73 Å². The molecule has 17 heavy (non-hydrogen) atoms. The molecule has 0 radical (unpaired) electrons. The average molecular weight is 248 g/mol. The molecule has 0 atom stereocenters. The lowest BCUT2D eigenvalue weighted by molar-refractivity contribution is 0.100. The highest BCUT2D eigenvalue weighted by Crippen LogP contribution is 2.31. The topological polar surface area (TPSA) is 46.3 Å². The van der Waals surface area contributed by atoms with Crippen molar-refractivity contribution in [2.24, 2.45) is 5.73 Å². The SMILES string of the molecule is CN(C)CCc1c(C(N)=O)sc2ccccc12. The van der Waals surface area contributed by atoms with Crippen LogP contribution in [0.15, 0.2) is 24.3 Å². The Bertz CT molecular complexity index is 545. The van der Waals surface area contributed by atoms with Crippen molar-refractivity contribution in [3.05, 3.63) is 34.7 Å². The molecular formula is C13H16N2OS. The van der Waals surface area contributed by atoms with Crippen molar-refractivity contribution in [1.82, 2.24) is 4.90 Å². The third kappa shape index (κ3) is 2.48. The van der Waals surface area contributed by atoms with E-state index in [0.717, 1.165) is 28.6 Å². The molecule has 0 aliphatic heterocycles. The molecule has 2 rings (SSSR count). The Kier molecular flexibility index (Phi) is 3.45. The third-order valence-corrected chi connectivity index (χ3v) is 3.96. The van der Waals surface area contributed by atoms with Gasteiger partial charge in [-0.2, -0.15) is 0 Å². The zero-order chi connectivity index (χ0) is 12.4. The second kappa shape index (κ2) is 4.85. The summed E-state index contributed by atoms with van der Waals surface area (Å²) in [6.45, 7) is 0.918. The summed E-state index contributed by atoms with van der Waals surface area (Å²) >= 11 is 1.49. The minimum Gasteiger partial charge on any atom is -0.365 e. The van der Waals surface area contributed by atoms with Crippen LogP contribution in [0.5, 0.6) is 0 Å². The van der Waals surface area contributed by atoms with Crippen LogP contribution in [0.3, 0.4) is 0 Å². The van der Waals surface area contributed by atoms with Gasteiger partial charge >= 0.3 is 0 Å². The lowest BCUT2D eigenvalue weighted by atomic mass is 10.1. The number of hydrogen-bond acceptors (Lipinski definition) is 3. The van der Waals surface area contributed by atoms with E-state index >= 15 is 0 Å². The highest BCUT2D eigenvalue weighted by Gasteiger charge is 2.15. The maximum absolute atomic E-state index is 11.5. The zero-order valence-electron chi connectivity index (χ0n) is 10.1. The van der Waals surface area contributed by atoms with E-state index in [0.29, 0.717) is 4.88 Å². The number of carbonyl (C=O) groups excluding carboxylic acids is 1. The number of nitrogens with zero attached hydrogens (tertiary/aromatic N) is 1. The Balaban J connectivity index is 2.48. The predicted octanol–water partition coefficient (Wildman–Crippen LogP) is 2.10. The first-order chi connectivity index (χ1) is 8.09. The molecule has 1 aromatic carbocycles. The molecule has 1 heterocycles. The van der Waals surface area contributed by atoms with Gasteiger partial charge in [-0.15, -0.1) is 11.3 Å². The van der Waals surface area contributed by atoms with Gasteiger partial charge in [-0.25, -0.2) is 0 Å². The number of rotatable bonds is 4. The van der Waals surface area contributed by atoms with Gasteiger partial charge < -0.3 is 10.6 Å². The largest absolute Gasteiger partial charge is 0.365 e.